The molecule has 0 spiro atoms. The highest BCUT2D eigenvalue weighted by molar-refractivity contribution is 8.00. The van der Waals surface area contributed by atoms with Crippen molar-refractivity contribution in [3.8, 4) is 0 Å². The first-order valence-electron chi connectivity index (χ1n) is 15.6. The lowest BCUT2D eigenvalue weighted by Crippen LogP contribution is -2.70. The highest BCUT2D eigenvalue weighted by Crippen LogP contribution is 2.41. The number of fused-ring (bicyclic) bond motifs is 2. The molecule has 0 bridgehead atoms. The summed E-state index contributed by atoms with van der Waals surface area (Å²) in [6, 6.07) is 3.32. The van der Waals surface area contributed by atoms with E-state index in [1.807, 2.05) is 0 Å². The summed E-state index contributed by atoms with van der Waals surface area (Å²) in [5.41, 5.74) is -1.90. The highest BCUT2D eigenvalue weighted by atomic mass is 32.2. The lowest BCUT2D eigenvalue weighted by molar-refractivity contribution is -0.150. The molecule has 13 nitrogen and oxygen atoms in total. The van der Waals surface area contributed by atoms with E-state index >= 15 is 8.78 Å². The van der Waals surface area contributed by atoms with Gasteiger partial charge in [0.25, 0.3) is 5.91 Å². The van der Waals surface area contributed by atoms with Crippen LogP contribution in [0.2, 0.25) is 0 Å². The van der Waals surface area contributed by atoms with Crippen LogP contribution in [0.3, 0.4) is 0 Å². The predicted molar refractivity (Wildman–Crippen MR) is 176 cm³/mol. The summed E-state index contributed by atoms with van der Waals surface area (Å²) in [6.45, 7) is 1.32. The lowest BCUT2D eigenvalue weighted by Gasteiger charge is -2.49. The topological polar surface area (TPSA) is 163 Å². The number of carbonyl (C=O) groups is 4. The van der Waals surface area contributed by atoms with Gasteiger partial charge in [0.05, 0.1) is 16.7 Å². The number of hydrogen-bond donors (Lipinski definition) is 3. The Kier molecular flexibility index (Phi) is 9.06. The third-order valence-electron chi connectivity index (χ3n) is 8.74. The van der Waals surface area contributed by atoms with E-state index in [1.165, 1.54) is 34.3 Å². The van der Waals surface area contributed by atoms with Gasteiger partial charge in [0.2, 0.25) is 11.3 Å². The number of rotatable bonds is 10. The fraction of sp³-hybridized carbons (Fsp3) is 0.375. The summed E-state index contributed by atoms with van der Waals surface area (Å²) in [5, 5.41) is 14.9. The quantitative estimate of drug-likeness (QED) is 0.160. The number of carboxylic acid groups (broad SMARTS) is 1. The fourth-order valence-corrected chi connectivity index (χ4v) is 8.24. The van der Waals surface area contributed by atoms with Crippen LogP contribution < -0.4 is 21.0 Å². The van der Waals surface area contributed by atoms with Gasteiger partial charge in [-0.05, 0) is 31.0 Å². The molecule has 0 radical (unpaired) electrons. The number of anilines is 1. The number of ether oxygens (including phenoxy) is 1. The largest absolute Gasteiger partial charge is 0.477 e. The van der Waals surface area contributed by atoms with Gasteiger partial charge < -0.3 is 29.9 Å². The molecule has 1 aliphatic carbocycles. The van der Waals surface area contributed by atoms with Gasteiger partial charge in [-0.3, -0.25) is 24.3 Å². The van der Waals surface area contributed by atoms with E-state index in [4.69, 9.17) is 4.74 Å². The maximum atomic E-state index is 16.0. The number of halogens is 2. The fourth-order valence-electron chi connectivity index (χ4n) is 6.22. The number of β-lactam (4-membered cyclic amide) rings is 1. The predicted octanol–water partition coefficient (Wildman–Crippen LogP) is 2.11. The molecule has 2 aromatic heterocycles. The molecule has 3 fully saturated rings. The molecule has 1 saturated carbocycles. The normalized spacial score (nSPS) is 20.6. The first kappa shape index (κ1) is 33.0. The number of thioether (sulfide) groups is 2. The van der Waals surface area contributed by atoms with E-state index in [0.29, 0.717) is 39.0 Å². The standard InChI is InChI=1S/C32H30F2N6O7S2/c33-21-11-19-26(23(34)27(21)38-9-7-36-8-10-38)39(17-1-2-17)12-20(28(19)42)32(46)47-13-16-14-49-30-24(29(43)40(30)25(16)31(44)45)37-22(41)15-48-18-3-5-35-6-4-18/h3-6,11-12,17,24,30,36H,1-2,7-10,13-15H2,(H,37,41)(H,44,45)/t24-,30-/m1/s1. The second-order valence-corrected chi connectivity index (χ2v) is 14.1. The number of aliphatic carboxylic acids is 1. The van der Waals surface area contributed by atoms with Crippen LogP contribution in [0.4, 0.5) is 14.5 Å². The van der Waals surface area contributed by atoms with Crippen LogP contribution in [-0.4, -0.2) is 99.0 Å². The number of piperazine rings is 1. The zero-order chi connectivity index (χ0) is 34.4. The first-order chi connectivity index (χ1) is 23.6. The number of amides is 2. The molecule has 3 aromatic rings. The number of esters is 1. The zero-order valence-corrected chi connectivity index (χ0v) is 27.5. The van der Waals surface area contributed by atoms with Crippen molar-refractivity contribution >= 4 is 63.9 Å². The van der Waals surface area contributed by atoms with Crippen molar-refractivity contribution < 1.29 is 37.8 Å². The monoisotopic (exact) mass is 712 g/mol. The summed E-state index contributed by atoms with van der Waals surface area (Å²) in [6.07, 6.45) is 5.77. The van der Waals surface area contributed by atoms with Crippen molar-refractivity contribution in [3.05, 3.63) is 75.5 Å². The Bertz CT molecular complexity index is 1970. The minimum absolute atomic E-state index is 0.0435. The number of carbonyl (C=O) groups excluding carboxylic acids is 3. The molecule has 2 amide bonds. The molecule has 256 valence electrons. The molecular formula is C32H30F2N6O7S2. The van der Waals surface area contributed by atoms with E-state index in [9.17, 15) is 29.1 Å². The Hall–Kier alpha value is -4.48. The Morgan fingerprint density at radius 1 is 1.14 bits per heavy atom. The lowest BCUT2D eigenvalue weighted by atomic mass is 10.0. The third kappa shape index (κ3) is 6.25. The SMILES string of the molecule is O=C(CSc1ccncc1)N[C@@H]1C(=O)N2C(C(=O)O)=C(COC(=O)c3cn(C4CC4)c4c(F)c(N5CCNCC5)c(F)cc4c3=O)CS[C@H]12. The van der Waals surface area contributed by atoms with E-state index in [-0.39, 0.29) is 45.4 Å². The van der Waals surface area contributed by atoms with Gasteiger partial charge >= 0.3 is 11.9 Å². The average molecular weight is 713 g/mol. The Balaban J connectivity index is 1.09. The van der Waals surface area contributed by atoms with Crippen LogP contribution in [0.5, 0.6) is 0 Å². The van der Waals surface area contributed by atoms with Gasteiger partial charge in [0.1, 0.15) is 40.8 Å². The number of pyridine rings is 2. The Morgan fingerprint density at radius 3 is 2.57 bits per heavy atom. The second kappa shape index (κ2) is 13.4. The van der Waals surface area contributed by atoms with E-state index in [0.717, 1.165) is 15.9 Å². The summed E-state index contributed by atoms with van der Waals surface area (Å²) >= 11 is 2.46. The van der Waals surface area contributed by atoms with Crippen molar-refractivity contribution in [2.45, 2.75) is 35.2 Å². The van der Waals surface area contributed by atoms with E-state index in [1.54, 1.807) is 29.4 Å². The van der Waals surface area contributed by atoms with Crippen molar-refractivity contribution in [1.29, 1.82) is 0 Å². The van der Waals surface area contributed by atoms with Crippen LogP contribution in [0.1, 0.15) is 29.2 Å². The van der Waals surface area contributed by atoms with Crippen LogP contribution >= 0.6 is 23.5 Å². The van der Waals surface area contributed by atoms with Crippen LogP contribution in [-0.2, 0) is 19.1 Å². The van der Waals surface area contributed by atoms with Gasteiger partial charge in [-0.2, -0.15) is 0 Å². The van der Waals surface area contributed by atoms with E-state index < -0.39 is 64.4 Å². The molecule has 17 heteroatoms. The molecule has 49 heavy (non-hydrogen) atoms. The number of nitrogens with one attached hydrogen (secondary N) is 2. The van der Waals surface area contributed by atoms with Crippen LogP contribution in [0, 0.1) is 11.6 Å². The molecule has 3 N–H and O–H groups in total. The summed E-state index contributed by atoms with van der Waals surface area (Å²) in [4.78, 5) is 72.1. The molecule has 5 heterocycles. The summed E-state index contributed by atoms with van der Waals surface area (Å²) in [5.74, 6) is -5.20. The minimum atomic E-state index is -1.42. The number of hydrogen-bond acceptors (Lipinski definition) is 11. The second-order valence-electron chi connectivity index (χ2n) is 11.9. The van der Waals surface area contributed by atoms with Gasteiger partial charge in [0.15, 0.2) is 5.82 Å². The Labute approximate surface area is 286 Å². The maximum absolute atomic E-state index is 16.0. The molecule has 2 atom stereocenters. The van der Waals surface area contributed by atoms with Gasteiger partial charge in [-0.25, -0.2) is 18.4 Å². The van der Waals surface area contributed by atoms with Crippen molar-refractivity contribution in [2.75, 3.05) is 49.2 Å². The number of carboxylic acids is 1. The van der Waals surface area contributed by atoms with E-state index in [2.05, 4.69) is 15.6 Å². The zero-order valence-electron chi connectivity index (χ0n) is 25.8. The maximum Gasteiger partial charge on any atom is 0.352 e. The molecule has 2 saturated heterocycles. The number of aromatic nitrogens is 2. The minimum Gasteiger partial charge on any atom is -0.477 e. The van der Waals surface area contributed by atoms with Crippen molar-refractivity contribution in [3.63, 3.8) is 0 Å². The number of benzene rings is 1. The van der Waals surface area contributed by atoms with Gasteiger partial charge in [-0.1, -0.05) is 0 Å². The Morgan fingerprint density at radius 2 is 1.88 bits per heavy atom. The average Bonchev–Trinajstić information content (AvgIpc) is 3.95. The van der Waals surface area contributed by atoms with Gasteiger partial charge in [-0.15, -0.1) is 23.5 Å². The third-order valence-corrected chi connectivity index (χ3v) is 11.1. The van der Waals surface area contributed by atoms with Crippen LogP contribution in [0.25, 0.3) is 10.9 Å². The molecule has 4 aliphatic rings. The summed E-state index contributed by atoms with van der Waals surface area (Å²) in [7, 11) is 0. The van der Waals surface area contributed by atoms with Gasteiger partial charge in [0, 0.05) is 67.0 Å². The van der Waals surface area contributed by atoms with Crippen LogP contribution in [0.15, 0.2) is 57.7 Å². The molecule has 1 aromatic carbocycles. The molecule has 0 unspecified atom stereocenters. The highest BCUT2D eigenvalue weighted by Gasteiger charge is 2.54. The smallest absolute Gasteiger partial charge is 0.352 e. The number of nitrogens with zero attached hydrogens (tertiary/aromatic N) is 4. The summed E-state index contributed by atoms with van der Waals surface area (Å²) < 4.78 is 38.3. The first-order valence-corrected chi connectivity index (χ1v) is 17.6. The molecular weight excluding hydrogens is 683 g/mol. The molecule has 3 aliphatic heterocycles. The van der Waals surface area contributed by atoms with Crippen molar-refractivity contribution in [1.82, 2.24) is 25.1 Å². The van der Waals surface area contributed by atoms with Crippen molar-refractivity contribution in [2.24, 2.45) is 0 Å². The molecule has 7 rings (SSSR count).